The van der Waals surface area contributed by atoms with Crippen LogP contribution in [0.1, 0.15) is 43.6 Å². The van der Waals surface area contributed by atoms with Crippen LogP contribution >= 0.6 is 0 Å². The average Bonchev–Trinajstić information content (AvgIpc) is 2.70. The number of aryl methyl sites for hydroxylation is 1. The van der Waals surface area contributed by atoms with Crippen molar-refractivity contribution >= 4 is 27.5 Å². The van der Waals surface area contributed by atoms with Crippen LogP contribution in [0.3, 0.4) is 0 Å². The normalized spacial score (nSPS) is 11.7. The second kappa shape index (κ2) is 10.1. The van der Waals surface area contributed by atoms with Crippen LogP contribution < -0.4 is 14.8 Å². The molecule has 32 heavy (non-hydrogen) atoms. The quantitative estimate of drug-likeness (QED) is 0.628. The standard InChI is InChI=1S/C23H31N3O5S/c1-7-26(15-21(27)24-17-9-8-10-18(13-17)31-6)22(28)20-14-19(12-11-16(20)2)32(29,30)25-23(3,4)5/h8-14,25H,7,15H2,1-6H3,(H,24,27). The van der Waals surface area contributed by atoms with Gasteiger partial charge in [-0.2, -0.15) is 0 Å². The van der Waals surface area contributed by atoms with Crippen molar-refractivity contribution in [3.8, 4) is 5.75 Å². The van der Waals surface area contributed by atoms with E-state index in [0.717, 1.165) is 0 Å². The lowest BCUT2D eigenvalue weighted by Gasteiger charge is -2.23. The number of hydrogen-bond acceptors (Lipinski definition) is 5. The van der Waals surface area contributed by atoms with Gasteiger partial charge in [-0.15, -0.1) is 0 Å². The summed E-state index contributed by atoms with van der Waals surface area (Å²) >= 11 is 0. The predicted molar refractivity (Wildman–Crippen MR) is 124 cm³/mol. The Morgan fingerprint density at radius 1 is 1.09 bits per heavy atom. The van der Waals surface area contributed by atoms with Gasteiger partial charge in [0.15, 0.2) is 0 Å². The van der Waals surface area contributed by atoms with Gasteiger partial charge >= 0.3 is 0 Å². The van der Waals surface area contributed by atoms with E-state index in [1.807, 2.05) is 0 Å². The number of methoxy groups -OCH3 is 1. The Labute approximate surface area is 190 Å². The van der Waals surface area contributed by atoms with Crippen LogP contribution in [0, 0.1) is 6.92 Å². The highest BCUT2D eigenvalue weighted by Crippen LogP contribution is 2.20. The Morgan fingerprint density at radius 2 is 1.78 bits per heavy atom. The van der Waals surface area contributed by atoms with Crippen LogP contribution in [0.2, 0.25) is 0 Å². The Kier molecular flexibility index (Phi) is 8.03. The smallest absolute Gasteiger partial charge is 0.254 e. The maximum atomic E-state index is 13.2. The molecule has 0 bridgehead atoms. The van der Waals surface area contributed by atoms with Crippen molar-refractivity contribution in [1.29, 1.82) is 0 Å². The predicted octanol–water partition coefficient (Wildman–Crippen LogP) is 3.18. The fourth-order valence-corrected chi connectivity index (χ4v) is 4.48. The minimum atomic E-state index is -3.81. The van der Waals surface area contributed by atoms with E-state index in [0.29, 0.717) is 17.0 Å². The third-order valence-electron chi connectivity index (χ3n) is 4.55. The maximum absolute atomic E-state index is 13.2. The topological polar surface area (TPSA) is 105 Å². The zero-order valence-corrected chi connectivity index (χ0v) is 20.2. The molecule has 0 saturated heterocycles. The van der Waals surface area contributed by atoms with E-state index in [4.69, 9.17) is 4.74 Å². The van der Waals surface area contributed by atoms with Crippen LogP contribution in [0.5, 0.6) is 5.75 Å². The van der Waals surface area contributed by atoms with Crippen LogP contribution in [0.25, 0.3) is 0 Å². The van der Waals surface area contributed by atoms with Crippen molar-refractivity contribution in [3.05, 3.63) is 53.6 Å². The largest absolute Gasteiger partial charge is 0.497 e. The summed E-state index contributed by atoms with van der Waals surface area (Å²) in [7, 11) is -2.27. The van der Waals surface area contributed by atoms with Gasteiger partial charge in [-0.05, 0) is 64.4 Å². The molecule has 0 unspecified atom stereocenters. The van der Waals surface area contributed by atoms with Crippen LogP contribution in [-0.2, 0) is 14.8 Å². The van der Waals surface area contributed by atoms with Crippen LogP contribution in [0.15, 0.2) is 47.4 Å². The van der Waals surface area contributed by atoms with Crippen molar-refractivity contribution in [2.24, 2.45) is 0 Å². The summed E-state index contributed by atoms with van der Waals surface area (Å²) < 4.78 is 33.1. The SMILES string of the molecule is CCN(CC(=O)Nc1cccc(OC)c1)C(=O)c1cc(S(=O)(=O)NC(C)(C)C)ccc1C. The van der Waals surface area contributed by atoms with E-state index >= 15 is 0 Å². The molecule has 2 rings (SSSR count). The van der Waals surface area contributed by atoms with Gasteiger partial charge in [0.2, 0.25) is 15.9 Å². The second-order valence-corrected chi connectivity index (χ2v) is 10.1. The van der Waals surface area contributed by atoms with E-state index < -0.39 is 21.5 Å². The first-order chi connectivity index (χ1) is 14.9. The summed E-state index contributed by atoms with van der Waals surface area (Å²) in [6.45, 7) is 8.81. The molecule has 0 radical (unpaired) electrons. The molecule has 0 aliphatic carbocycles. The first-order valence-electron chi connectivity index (χ1n) is 10.2. The zero-order chi connectivity index (χ0) is 24.1. The summed E-state index contributed by atoms with van der Waals surface area (Å²) in [6.07, 6.45) is 0. The number of anilines is 1. The van der Waals surface area contributed by atoms with Gasteiger partial charge in [0.1, 0.15) is 12.3 Å². The fourth-order valence-electron chi connectivity index (χ4n) is 3.03. The molecule has 0 aromatic heterocycles. The van der Waals surface area contributed by atoms with Crippen molar-refractivity contribution in [3.63, 3.8) is 0 Å². The third-order valence-corrected chi connectivity index (χ3v) is 6.30. The summed E-state index contributed by atoms with van der Waals surface area (Å²) in [5, 5.41) is 2.75. The number of ether oxygens (including phenoxy) is 1. The third kappa shape index (κ3) is 6.80. The number of amides is 2. The van der Waals surface area contributed by atoms with E-state index in [2.05, 4.69) is 10.0 Å². The molecule has 0 spiro atoms. The Hall–Kier alpha value is -2.91. The Balaban J connectivity index is 2.23. The fraction of sp³-hybridized carbons (Fsp3) is 0.391. The minimum absolute atomic E-state index is 0.00161. The van der Waals surface area contributed by atoms with E-state index in [-0.39, 0.29) is 29.5 Å². The molecular formula is C23H31N3O5S. The molecular weight excluding hydrogens is 430 g/mol. The zero-order valence-electron chi connectivity index (χ0n) is 19.4. The number of nitrogens with zero attached hydrogens (tertiary/aromatic N) is 1. The lowest BCUT2D eigenvalue weighted by Crippen LogP contribution is -2.41. The molecule has 0 aliphatic heterocycles. The summed E-state index contributed by atoms with van der Waals surface area (Å²) in [6, 6.07) is 11.3. The van der Waals surface area contributed by atoms with E-state index in [1.165, 1.54) is 24.1 Å². The molecule has 2 aromatic rings. The molecule has 8 nitrogen and oxygen atoms in total. The molecule has 174 valence electrons. The number of nitrogens with one attached hydrogen (secondary N) is 2. The number of benzene rings is 2. The van der Waals surface area contributed by atoms with E-state index in [1.54, 1.807) is 65.0 Å². The lowest BCUT2D eigenvalue weighted by molar-refractivity contribution is -0.116. The summed E-state index contributed by atoms with van der Waals surface area (Å²) in [5.41, 5.74) is 0.742. The average molecular weight is 462 g/mol. The van der Waals surface area contributed by atoms with Gasteiger partial charge in [-0.1, -0.05) is 12.1 Å². The Bertz CT molecular complexity index is 1090. The number of rotatable bonds is 8. The highest BCUT2D eigenvalue weighted by atomic mass is 32.2. The highest BCUT2D eigenvalue weighted by molar-refractivity contribution is 7.89. The van der Waals surface area contributed by atoms with E-state index in [9.17, 15) is 18.0 Å². The van der Waals surface area contributed by atoms with Crippen molar-refractivity contribution in [1.82, 2.24) is 9.62 Å². The van der Waals surface area contributed by atoms with Crippen molar-refractivity contribution in [2.75, 3.05) is 25.5 Å². The summed E-state index contributed by atoms with van der Waals surface area (Å²) in [5.74, 6) is -0.188. The molecule has 0 fully saturated rings. The first-order valence-corrected chi connectivity index (χ1v) is 11.7. The monoisotopic (exact) mass is 461 g/mol. The molecule has 2 N–H and O–H groups in total. The molecule has 2 amide bonds. The number of likely N-dealkylation sites (N-methyl/N-ethyl adjacent to an activating group) is 1. The summed E-state index contributed by atoms with van der Waals surface area (Å²) in [4.78, 5) is 27.1. The molecule has 0 saturated carbocycles. The van der Waals surface area contributed by atoms with Gasteiger partial charge < -0.3 is 15.0 Å². The molecule has 0 aliphatic rings. The molecule has 2 aromatic carbocycles. The van der Waals surface area contributed by atoms with Crippen LogP contribution in [0.4, 0.5) is 5.69 Å². The molecule has 0 heterocycles. The minimum Gasteiger partial charge on any atom is -0.497 e. The van der Waals surface area contributed by atoms with Gasteiger partial charge in [-0.3, -0.25) is 9.59 Å². The lowest BCUT2D eigenvalue weighted by atomic mass is 10.1. The van der Waals surface area contributed by atoms with Gasteiger partial charge in [0.25, 0.3) is 5.91 Å². The number of carbonyl (C=O) groups is 2. The first kappa shape index (κ1) is 25.4. The number of sulfonamides is 1. The second-order valence-electron chi connectivity index (χ2n) is 8.43. The van der Waals surface area contributed by atoms with Crippen molar-refractivity contribution in [2.45, 2.75) is 45.1 Å². The molecule has 0 atom stereocenters. The Morgan fingerprint density at radius 3 is 2.38 bits per heavy atom. The number of carbonyl (C=O) groups excluding carboxylic acids is 2. The van der Waals surface area contributed by atoms with Crippen molar-refractivity contribution < 1.29 is 22.7 Å². The van der Waals surface area contributed by atoms with Gasteiger partial charge in [-0.25, -0.2) is 13.1 Å². The maximum Gasteiger partial charge on any atom is 0.254 e. The number of hydrogen-bond donors (Lipinski definition) is 2. The van der Waals surface area contributed by atoms with Crippen LogP contribution in [-0.4, -0.2) is 50.9 Å². The molecule has 9 heteroatoms. The van der Waals surface area contributed by atoms with Gasteiger partial charge in [0, 0.05) is 29.4 Å². The highest BCUT2D eigenvalue weighted by Gasteiger charge is 2.25. The van der Waals surface area contributed by atoms with Gasteiger partial charge in [0.05, 0.1) is 12.0 Å².